The number of aromatic amines is 1. The first kappa shape index (κ1) is 18.2. The monoisotopic (exact) mass is 368 g/mol. The van der Waals surface area contributed by atoms with Crippen molar-refractivity contribution >= 4 is 28.6 Å². The molecule has 140 valence electrons. The fraction of sp³-hybridized carbons (Fsp3) is 0.211. The third-order valence-corrected chi connectivity index (χ3v) is 3.98. The Morgan fingerprint density at radius 2 is 1.81 bits per heavy atom. The molecule has 3 aromatic rings. The molecule has 0 saturated carbocycles. The minimum absolute atomic E-state index is 0.156. The molecule has 2 aromatic heterocycles. The Labute approximate surface area is 155 Å². The van der Waals surface area contributed by atoms with Crippen LogP contribution in [0, 0.1) is 0 Å². The maximum absolute atomic E-state index is 12.0. The summed E-state index contributed by atoms with van der Waals surface area (Å²) in [6.45, 7) is 0.330. The highest BCUT2D eigenvalue weighted by Gasteiger charge is 2.10. The van der Waals surface area contributed by atoms with Gasteiger partial charge in [-0.15, -0.1) is 0 Å². The van der Waals surface area contributed by atoms with Crippen molar-refractivity contribution < 1.29 is 18.8 Å². The van der Waals surface area contributed by atoms with Crippen LogP contribution >= 0.6 is 0 Å². The maximum Gasteiger partial charge on any atom is 0.286 e. The summed E-state index contributed by atoms with van der Waals surface area (Å²) in [6.07, 6.45) is 3.97. The van der Waals surface area contributed by atoms with Gasteiger partial charge in [-0.05, 0) is 30.2 Å². The highest BCUT2D eigenvalue weighted by Crippen LogP contribution is 2.17. The van der Waals surface area contributed by atoms with Crippen LogP contribution in [0.2, 0.25) is 0 Å². The van der Waals surface area contributed by atoms with Crippen molar-refractivity contribution in [3.8, 4) is 0 Å². The second kappa shape index (κ2) is 8.70. The average Bonchev–Trinajstić information content (AvgIpc) is 3.34. The summed E-state index contributed by atoms with van der Waals surface area (Å²) >= 11 is 0. The zero-order chi connectivity index (χ0) is 19.1. The number of furan rings is 1. The highest BCUT2D eigenvalue weighted by molar-refractivity contribution is 5.91. The second-order valence-electron chi connectivity index (χ2n) is 5.97. The molecule has 0 atom stereocenters. The van der Waals surface area contributed by atoms with Gasteiger partial charge in [0.05, 0.1) is 12.7 Å². The number of rotatable bonds is 7. The van der Waals surface area contributed by atoms with Gasteiger partial charge in [-0.25, -0.2) is 0 Å². The standard InChI is InChI=1S/C19H20N4O4/c24-17(8-3-9-20-19(26)16-7-4-10-27-16)22-23-18(25)11-13-12-21-15-6-2-1-5-14(13)15/h1-2,4-7,10,12,21H,3,8-9,11H2,(H,20,26)(H,22,24)(H,23,25). The molecule has 0 aliphatic heterocycles. The number of carbonyl (C=O) groups excluding carboxylic acids is 3. The Kier molecular flexibility index (Phi) is 5.88. The SMILES string of the molecule is O=C(CCCNC(=O)c1ccco1)NNC(=O)Cc1c[nH]c2ccccc12. The van der Waals surface area contributed by atoms with Gasteiger partial charge < -0.3 is 14.7 Å². The molecule has 4 N–H and O–H groups in total. The van der Waals surface area contributed by atoms with E-state index in [1.54, 1.807) is 18.3 Å². The van der Waals surface area contributed by atoms with Crippen molar-refractivity contribution in [1.82, 2.24) is 21.2 Å². The lowest BCUT2D eigenvalue weighted by Crippen LogP contribution is -2.42. The van der Waals surface area contributed by atoms with Gasteiger partial charge in [-0.3, -0.25) is 25.2 Å². The topological polar surface area (TPSA) is 116 Å². The molecule has 2 heterocycles. The molecule has 0 radical (unpaired) electrons. The molecular formula is C19H20N4O4. The van der Waals surface area contributed by atoms with E-state index in [1.165, 1.54) is 6.26 Å². The summed E-state index contributed by atoms with van der Waals surface area (Å²) in [7, 11) is 0. The number of carbonyl (C=O) groups is 3. The van der Waals surface area contributed by atoms with Crippen molar-refractivity contribution in [2.45, 2.75) is 19.3 Å². The van der Waals surface area contributed by atoms with E-state index in [2.05, 4.69) is 21.2 Å². The first-order chi connectivity index (χ1) is 13.1. The van der Waals surface area contributed by atoms with Crippen molar-refractivity contribution in [3.05, 3.63) is 60.2 Å². The van der Waals surface area contributed by atoms with E-state index in [0.29, 0.717) is 13.0 Å². The van der Waals surface area contributed by atoms with E-state index in [9.17, 15) is 14.4 Å². The predicted octanol–water partition coefficient (Wildman–Crippen LogP) is 1.66. The summed E-state index contributed by atoms with van der Waals surface area (Å²) < 4.78 is 4.97. The van der Waals surface area contributed by atoms with Crippen LogP contribution < -0.4 is 16.2 Å². The van der Waals surface area contributed by atoms with Gasteiger partial charge in [0.2, 0.25) is 11.8 Å². The van der Waals surface area contributed by atoms with Crippen LogP contribution in [-0.2, 0) is 16.0 Å². The van der Waals surface area contributed by atoms with Crippen molar-refractivity contribution in [2.24, 2.45) is 0 Å². The van der Waals surface area contributed by atoms with Crippen molar-refractivity contribution in [2.75, 3.05) is 6.54 Å². The number of benzene rings is 1. The molecule has 3 amide bonds. The molecule has 0 aliphatic carbocycles. The summed E-state index contributed by atoms with van der Waals surface area (Å²) in [5, 5.41) is 3.63. The minimum atomic E-state index is -0.326. The molecule has 3 rings (SSSR count). The van der Waals surface area contributed by atoms with E-state index in [-0.39, 0.29) is 36.3 Å². The van der Waals surface area contributed by atoms with Gasteiger partial charge in [-0.2, -0.15) is 0 Å². The van der Waals surface area contributed by atoms with Crippen LogP contribution in [0.25, 0.3) is 10.9 Å². The van der Waals surface area contributed by atoms with Crippen LogP contribution in [-0.4, -0.2) is 29.3 Å². The zero-order valence-corrected chi connectivity index (χ0v) is 14.6. The number of fused-ring (bicyclic) bond motifs is 1. The molecule has 0 saturated heterocycles. The van der Waals surface area contributed by atoms with Gasteiger partial charge in [0.25, 0.3) is 5.91 Å². The molecule has 0 aliphatic rings. The molecule has 0 spiro atoms. The number of aromatic nitrogens is 1. The van der Waals surface area contributed by atoms with Gasteiger partial charge >= 0.3 is 0 Å². The average molecular weight is 368 g/mol. The van der Waals surface area contributed by atoms with Crippen LogP contribution in [0.4, 0.5) is 0 Å². The summed E-state index contributed by atoms with van der Waals surface area (Å²) in [4.78, 5) is 38.5. The van der Waals surface area contributed by atoms with Crippen LogP contribution in [0.5, 0.6) is 0 Å². The van der Waals surface area contributed by atoms with Crippen LogP contribution in [0.3, 0.4) is 0 Å². The first-order valence-corrected chi connectivity index (χ1v) is 8.58. The Morgan fingerprint density at radius 1 is 1.00 bits per heavy atom. The maximum atomic E-state index is 12.0. The first-order valence-electron chi connectivity index (χ1n) is 8.58. The van der Waals surface area contributed by atoms with E-state index in [0.717, 1.165) is 16.5 Å². The normalized spacial score (nSPS) is 10.5. The molecule has 8 nitrogen and oxygen atoms in total. The van der Waals surface area contributed by atoms with Gasteiger partial charge in [-0.1, -0.05) is 18.2 Å². The number of para-hydroxylation sites is 1. The molecule has 27 heavy (non-hydrogen) atoms. The summed E-state index contributed by atoms with van der Waals surface area (Å²) in [5.41, 5.74) is 6.60. The lowest BCUT2D eigenvalue weighted by molar-refractivity contribution is -0.128. The Hall–Kier alpha value is -3.55. The van der Waals surface area contributed by atoms with E-state index in [1.807, 2.05) is 24.3 Å². The zero-order valence-electron chi connectivity index (χ0n) is 14.6. The number of nitrogens with one attached hydrogen (secondary N) is 4. The molecule has 8 heteroatoms. The Balaban J connectivity index is 1.34. The van der Waals surface area contributed by atoms with Crippen molar-refractivity contribution in [1.29, 1.82) is 0 Å². The van der Waals surface area contributed by atoms with E-state index >= 15 is 0 Å². The fourth-order valence-electron chi connectivity index (χ4n) is 2.64. The third kappa shape index (κ3) is 4.97. The highest BCUT2D eigenvalue weighted by atomic mass is 16.3. The number of H-pyrrole nitrogens is 1. The molecule has 0 bridgehead atoms. The fourth-order valence-corrected chi connectivity index (χ4v) is 2.64. The minimum Gasteiger partial charge on any atom is -0.459 e. The second-order valence-corrected chi connectivity index (χ2v) is 5.97. The summed E-state index contributed by atoms with van der Waals surface area (Å²) in [5.74, 6) is -0.731. The van der Waals surface area contributed by atoms with Crippen molar-refractivity contribution in [3.63, 3.8) is 0 Å². The Bertz CT molecular complexity index is 930. The van der Waals surface area contributed by atoms with Crippen LogP contribution in [0.1, 0.15) is 29.0 Å². The lowest BCUT2D eigenvalue weighted by atomic mass is 10.1. The molecule has 1 aromatic carbocycles. The number of hydrogen-bond donors (Lipinski definition) is 4. The summed E-state index contributed by atoms with van der Waals surface area (Å²) in [6, 6.07) is 10.9. The largest absolute Gasteiger partial charge is 0.459 e. The number of amides is 3. The Morgan fingerprint density at radius 3 is 2.63 bits per heavy atom. The van der Waals surface area contributed by atoms with Gasteiger partial charge in [0.1, 0.15) is 0 Å². The smallest absolute Gasteiger partial charge is 0.286 e. The quantitative estimate of drug-likeness (QED) is 0.375. The molecule has 0 unspecified atom stereocenters. The van der Waals surface area contributed by atoms with E-state index in [4.69, 9.17) is 4.42 Å². The number of hydrogen-bond acceptors (Lipinski definition) is 4. The predicted molar refractivity (Wildman–Crippen MR) is 98.6 cm³/mol. The van der Waals surface area contributed by atoms with Crippen LogP contribution in [0.15, 0.2) is 53.3 Å². The molecule has 0 fully saturated rings. The third-order valence-electron chi connectivity index (χ3n) is 3.98. The van der Waals surface area contributed by atoms with Gasteiger partial charge in [0.15, 0.2) is 5.76 Å². The number of hydrazine groups is 1. The van der Waals surface area contributed by atoms with Gasteiger partial charge in [0, 0.05) is 30.1 Å². The molecular weight excluding hydrogens is 348 g/mol. The lowest BCUT2D eigenvalue weighted by Gasteiger charge is -2.07. The van der Waals surface area contributed by atoms with E-state index < -0.39 is 0 Å².